The number of carbonyl (C=O) groups is 2. The van der Waals surface area contributed by atoms with Crippen molar-refractivity contribution in [1.82, 2.24) is 9.88 Å². The van der Waals surface area contributed by atoms with Crippen LogP contribution < -0.4 is 10.1 Å². The number of nitrogens with zero attached hydrogens (tertiary/aromatic N) is 2. The molecule has 1 aliphatic heterocycles. The van der Waals surface area contributed by atoms with Gasteiger partial charge < -0.3 is 15.0 Å². The Bertz CT molecular complexity index is 1100. The second-order valence-corrected chi connectivity index (χ2v) is 8.40. The quantitative estimate of drug-likeness (QED) is 0.662. The van der Waals surface area contributed by atoms with Gasteiger partial charge in [-0.05, 0) is 49.6 Å². The maximum atomic E-state index is 13.1. The van der Waals surface area contributed by atoms with E-state index in [1.165, 1.54) is 18.4 Å². The number of hydrogen-bond donors (Lipinski definition) is 1. The Kier molecular flexibility index (Phi) is 5.43. The van der Waals surface area contributed by atoms with Gasteiger partial charge in [0.15, 0.2) is 5.13 Å². The standard InChI is InChI=1S/C21H20ClN3O3S/c1-12-5-3-7-17-18(12)23-21(29-17)24-19(26)15-6-4-10-25(15)20(27)14-11-13(22)8-9-16(14)28-2/h3,5,7-9,11,15H,4,6,10H2,1-2H3,(H,23,24,26). The number of likely N-dealkylation sites (tertiary alicyclic amines) is 1. The van der Waals surface area contributed by atoms with E-state index in [1.54, 1.807) is 23.1 Å². The normalized spacial score (nSPS) is 16.2. The predicted octanol–water partition coefficient (Wildman–Crippen LogP) is 4.51. The molecule has 29 heavy (non-hydrogen) atoms. The van der Waals surface area contributed by atoms with Crippen LogP contribution in [0.1, 0.15) is 28.8 Å². The number of carbonyl (C=O) groups excluding carboxylic acids is 2. The molecule has 0 aliphatic carbocycles. The molecular formula is C21H20ClN3O3S. The van der Waals surface area contributed by atoms with Crippen LogP contribution in [0.3, 0.4) is 0 Å². The van der Waals surface area contributed by atoms with Crippen LogP contribution in [0.15, 0.2) is 36.4 Å². The molecule has 0 radical (unpaired) electrons. The van der Waals surface area contributed by atoms with Gasteiger partial charge >= 0.3 is 0 Å². The number of anilines is 1. The van der Waals surface area contributed by atoms with E-state index in [0.29, 0.717) is 34.4 Å². The van der Waals surface area contributed by atoms with Crippen molar-refractivity contribution < 1.29 is 14.3 Å². The summed E-state index contributed by atoms with van der Waals surface area (Å²) in [6.45, 7) is 2.49. The Hall–Kier alpha value is -2.64. The number of thiazole rings is 1. The average Bonchev–Trinajstić information content (AvgIpc) is 3.35. The van der Waals surface area contributed by atoms with Crippen LogP contribution in [0.4, 0.5) is 5.13 Å². The van der Waals surface area contributed by atoms with Gasteiger partial charge in [-0.1, -0.05) is 35.1 Å². The van der Waals surface area contributed by atoms with E-state index in [0.717, 1.165) is 22.2 Å². The first kappa shape index (κ1) is 19.7. The van der Waals surface area contributed by atoms with Crippen molar-refractivity contribution in [2.75, 3.05) is 19.0 Å². The minimum atomic E-state index is -0.556. The lowest BCUT2D eigenvalue weighted by Crippen LogP contribution is -2.43. The van der Waals surface area contributed by atoms with Gasteiger partial charge in [-0.2, -0.15) is 0 Å². The number of hydrogen-bond acceptors (Lipinski definition) is 5. The molecule has 8 heteroatoms. The molecule has 1 aliphatic rings. The SMILES string of the molecule is COc1ccc(Cl)cc1C(=O)N1CCCC1C(=O)Nc1nc2c(C)cccc2s1. The van der Waals surface area contributed by atoms with Crippen molar-refractivity contribution in [1.29, 1.82) is 0 Å². The third kappa shape index (κ3) is 3.80. The lowest BCUT2D eigenvalue weighted by molar-refractivity contribution is -0.119. The number of benzene rings is 2. The molecule has 150 valence electrons. The van der Waals surface area contributed by atoms with Gasteiger partial charge in [0.25, 0.3) is 5.91 Å². The Balaban J connectivity index is 1.56. The summed E-state index contributed by atoms with van der Waals surface area (Å²) in [6.07, 6.45) is 1.36. The highest BCUT2D eigenvalue weighted by Crippen LogP contribution is 2.30. The van der Waals surface area contributed by atoms with Crippen molar-refractivity contribution in [2.24, 2.45) is 0 Å². The molecule has 0 spiro atoms. The summed E-state index contributed by atoms with van der Waals surface area (Å²) in [7, 11) is 1.50. The van der Waals surface area contributed by atoms with Gasteiger partial charge in [-0.25, -0.2) is 4.98 Å². The zero-order valence-electron chi connectivity index (χ0n) is 16.1. The smallest absolute Gasteiger partial charge is 0.258 e. The van der Waals surface area contributed by atoms with Crippen molar-refractivity contribution >= 4 is 50.1 Å². The van der Waals surface area contributed by atoms with E-state index in [4.69, 9.17) is 16.3 Å². The monoisotopic (exact) mass is 429 g/mol. The number of rotatable bonds is 4. The number of fused-ring (bicyclic) bond motifs is 1. The molecule has 0 bridgehead atoms. The number of halogens is 1. The molecule has 2 heterocycles. The van der Waals surface area contributed by atoms with E-state index in [-0.39, 0.29) is 11.8 Å². The van der Waals surface area contributed by atoms with Crippen LogP contribution >= 0.6 is 22.9 Å². The van der Waals surface area contributed by atoms with Crippen LogP contribution in [-0.4, -0.2) is 41.4 Å². The Morgan fingerprint density at radius 1 is 1.31 bits per heavy atom. The van der Waals surface area contributed by atoms with Crippen LogP contribution in [0.5, 0.6) is 5.75 Å². The third-order valence-corrected chi connectivity index (χ3v) is 6.23. The van der Waals surface area contributed by atoms with Gasteiger partial charge in [0.1, 0.15) is 11.8 Å². The molecule has 1 atom stereocenters. The maximum absolute atomic E-state index is 13.1. The molecule has 2 amide bonds. The fourth-order valence-electron chi connectivity index (χ4n) is 3.61. The van der Waals surface area contributed by atoms with E-state index in [1.807, 2.05) is 25.1 Å². The van der Waals surface area contributed by atoms with Gasteiger partial charge in [0.05, 0.1) is 22.9 Å². The topological polar surface area (TPSA) is 71.5 Å². The van der Waals surface area contributed by atoms with E-state index < -0.39 is 6.04 Å². The number of aryl methyl sites for hydroxylation is 1. The van der Waals surface area contributed by atoms with Crippen molar-refractivity contribution in [3.05, 3.63) is 52.5 Å². The zero-order valence-corrected chi connectivity index (χ0v) is 17.6. The number of methoxy groups -OCH3 is 1. The first-order chi connectivity index (χ1) is 14.0. The lowest BCUT2D eigenvalue weighted by Gasteiger charge is -2.24. The Morgan fingerprint density at radius 3 is 2.90 bits per heavy atom. The van der Waals surface area contributed by atoms with Crippen molar-refractivity contribution in [2.45, 2.75) is 25.8 Å². The fraction of sp³-hybridized carbons (Fsp3) is 0.286. The minimum absolute atomic E-state index is 0.228. The van der Waals surface area contributed by atoms with Gasteiger partial charge in [0.2, 0.25) is 5.91 Å². The summed E-state index contributed by atoms with van der Waals surface area (Å²) in [5, 5.41) is 3.88. The molecular weight excluding hydrogens is 410 g/mol. The summed E-state index contributed by atoms with van der Waals surface area (Å²) < 4.78 is 6.32. The largest absolute Gasteiger partial charge is 0.496 e. The first-order valence-corrected chi connectivity index (χ1v) is 10.5. The highest BCUT2D eigenvalue weighted by Gasteiger charge is 2.36. The molecule has 1 aromatic heterocycles. The Morgan fingerprint density at radius 2 is 2.14 bits per heavy atom. The second-order valence-electron chi connectivity index (χ2n) is 6.93. The fourth-order valence-corrected chi connectivity index (χ4v) is 4.73. The molecule has 1 fully saturated rings. The highest BCUT2D eigenvalue weighted by atomic mass is 35.5. The highest BCUT2D eigenvalue weighted by molar-refractivity contribution is 7.22. The number of aromatic nitrogens is 1. The van der Waals surface area contributed by atoms with Gasteiger partial charge in [-0.15, -0.1) is 0 Å². The summed E-state index contributed by atoms with van der Waals surface area (Å²) >= 11 is 7.50. The molecule has 1 N–H and O–H groups in total. The van der Waals surface area contributed by atoms with E-state index in [9.17, 15) is 9.59 Å². The third-order valence-electron chi connectivity index (χ3n) is 5.06. The minimum Gasteiger partial charge on any atom is -0.496 e. The Labute approximate surface area is 177 Å². The number of nitrogens with one attached hydrogen (secondary N) is 1. The first-order valence-electron chi connectivity index (χ1n) is 9.29. The van der Waals surface area contributed by atoms with Gasteiger partial charge in [0, 0.05) is 11.6 Å². The molecule has 2 aromatic carbocycles. The summed E-state index contributed by atoms with van der Waals surface area (Å²) in [4.78, 5) is 32.2. The van der Waals surface area contributed by atoms with Crippen molar-refractivity contribution in [3.8, 4) is 5.75 Å². The zero-order chi connectivity index (χ0) is 20.5. The van der Waals surface area contributed by atoms with E-state index >= 15 is 0 Å². The van der Waals surface area contributed by atoms with Crippen LogP contribution in [0, 0.1) is 6.92 Å². The lowest BCUT2D eigenvalue weighted by atomic mass is 10.1. The van der Waals surface area contributed by atoms with Crippen LogP contribution in [0.25, 0.3) is 10.2 Å². The van der Waals surface area contributed by atoms with Gasteiger partial charge in [-0.3, -0.25) is 9.59 Å². The van der Waals surface area contributed by atoms with Crippen LogP contribution in [-0.2, 0) is 4.79 Å². The van der Waals surface area contributed by atoms with E-state index in [2.05, 4.69) is 10.3 Å². The summed E-state index contributed by atoms with van der Waals surface area (Å²) in [6, 6.07) is 10.3. The average molecular weight is 430 g/mol. The maximum Gasteiger partial charge on any atom is 0.258 e. The van der Waals surface area contributed by atoms with Crippen LogP contribution in [0.2, 0.25) is 5.02 Å². The molecule has 0 saturated carbocycles. The molecule has 6 nitrogen and oxygen atoms in total. The number of amides is 2. The molecule has 1 unspecified atom stereocenters. The summed E-state index contributed by atoms with van der Waals surface area (Å²) in [5.74, 6) is -0.0530. The summed E-state index contributed by atoms with van der Waals surface area (Å²) in [5.41, 5.74) is 2.30. The molecule has 1 saturated heterocycles. The predicted molar refractivity (Wildman–Crippen MR) is 115 cm³/mol. The number of para-hydroxylation sites is 1. The second kappa shape index (κ2) is 8.00. The molecule has 4 rings (SSSR count). The van der Waals surface area contributed by atoms with Crippen molar-refractivity contribution in [3.63, 3.8) is 0 Å². The number of ether oxygens (including phenoxy) is 1. The molecule has 3 aromatic rings.